The first-order chi connectivity index (χ1) is 6.72. The number of aliphatic hydroxyl groups excluding tert-OH is 1. The van der Waals surface area contributed by atoms with Crippen LogP contribution < -0.4 is 5.32 Å². The molecule has 0 spiro atoms. The molecule has 1 saturated heterocycles. The lowest BCUT2D eigenvalue weighted by Crippen LogP contribution is -2.44. The van der Waals surface area contributed by atoms with Gasteiger partial charge in [0, 0.05) is 33.2 Å². The maximum Gasteiger partial charge on any atom is 0.106 e. The Morgan fingerprint density at radius 3 is 2.93 bits per heavy atom. The van der Waals surface area contributed by atoms with Crippen LogP contribution in [-0.4, -0.2) is 50.2 Å². The molecule has 0 aromatic heterocycles. The minimum atomic E-state index is -0.258. The van der Waals surface area contributed by atoms with Crippen LogP contribution in [0, 0.1) is 0 Å². The van der Waals surface area contributed by atoms with Gasteiger partial charge in [0.2, 0.25) is 0 Å². The van der Waals surface area contributed by atoms with Crippen molar-refractivity contribution in [1.82, 2.24) is 5.32 Å². The number of ether oxygens (including phenoxy) is 2. The lowest BCUT2D eigenvalue weighted by molar-refractivity contribution is -0.0173. The average Bonchev–Trinajstić information content (AvgIpc) is 2.67. The minimum absolute atomic E-state index is 0.173. The molecule has 0 amide bonds. The molecular weight excluding hydrogens is 182 g/mol. The normalized spacial score (nSPS) is 29.4. The van der Waals surface area contributed by atoms with E-state index in [1.165, 1.54) is 0 Å². The van der Waals surface area contributed by atoms with E-state index in [-0.39, 0.29) is 11.7 Å². The highest BCUT2D eigenvalue weighted by molar-refractivity contribution is 4.87. The molecule has 2 N–H and O–H groups in total. The summed E-state index contributed by atoms with van der Waals surface area (Å²) in [5, 5.41) is 12.6. The summed E-state index contributed by atoms with van der Waals surface area (Å²) < 4.78 is 10.8. The fourth-order valence-electron chi connectivity index (χ4n) is 1.57. The van der Waals surface area contributed by atoms with Gasteiger partial charge in [-0.2, -0.15) is 0 Å². The maximum absolute atomic E-state index is 9.35. The van der Waals surface area contributed by atoms with Crippen LogP contribution in [0.5, 0.6) is 0 Å². The zero-order valence-electron chi connectivity index (χ0n) is 9.08. The number of hydrogen-bond donors (Lipinski definition) is 2. The third kappa shape index (κ3) is 3.20. The minimum Gasteiger partial charge on any atom is -0.392 e. The third-order valence-electron chi connectivity index (χ3n) is 2.80. The molecule has 1 heterocycles. The first-order valence-electron chi connectivity index (χ1n) is 5.24. The number of rotatable bonds is 6. The van der Waals surface area contributed by atoms with Crippen molar-refractivity contribution in [3.63, 3.8) is 0 Å². The fraction of sp³-hybridized carbons (Fsp3) is 1.00. The Balaban J connectivity index is 2.21. The van der Waals surface area contributed by atoms with Gasteiger partial charge in [0.1, 0.15) is 5.60 Å². The predicted octanol–water partition coefficient (Wildman–Crippen LogP) is 0.152. The molecule has 2 atom stereocenters. The van der Waals surface area contributed by atoms with Gasteiger partial charge in [0.25, 0.3) is 0 Å². The van der Waals surface area contributed by atoms with Crippen molar-refractivity contribution in [2.45, 2.75) is 31.5 Å². The Kier molecular flexibility index (Phi) is 4.81. The molecule has 4 nitrogen and oxygen atoms in total. The summed E-state index contributed by atoms with van der Waals surface area (Å²) in [6.45, 7) is 4.77. The second-order valence-corrected chi connectivity index (χ2v) is 3.88. The van der Waals surface area contributed by atoms with Crippen molar-refractivity contribution in [1.29, 1.82) is 0 Å². The van der Waals surface area contributed by atoms with Gasteiger partial charge in [-0.1, -0.05) is 6.92 Å². The zero-order valence-corrected chi connectivity index (χ0v) is 9.08. The van der Waals surface area contributed by atoms with Gasteiger partial charge in [0.05, 0.1) is 12.7 Å². The first-order valence-corrected chi connectivity index (χ1v) is 5.24. The number of methoxy groups -OCH3 is 1. The van der Waals surface area contributed by atoms with Gasteiger partial charge in [-0.25, -0.2) is 0 Å². The monoisotopic (exact) mass is 203 g/mol. The topological polar surface area (TPSA) is 50.7 Å². The molecule has 0 aromatic rings. The molecule has 0 aromatic carbocycles. The molecule has 0 saturated carbocycles. The molecule has 1 fully saturated rings. The Bertz CT molecular complexity index is 157. The van der Waals surface area contributed by atoms with Crippen LogP contribution in [0.25, 0.3) is 0 Å². The molecule has 84 valence electrons. The van der Waals surface area contributed by atoms with Gasteiger partial charge >= 0.3 is 0 Å². The number of aliphatic hydroxyl groups is 1. The maximum atomic E-state index is 9.35. The van der Waals surface area contributed by atoms with E-state index in [0.29, 0.717) is 13.2 Å². The Hall–Kier alpha value is -0.160. The van der Waals surface area contributed by atoms with E-state index in [9.17, 15) is 5.11 Å². The summed E-state index contributed by atoms with van der Waals surface area (Å²) >= 11 is 0. The molecule has 0 radical (unpaired) electrons. The highest BCUT2D eigenvalue weighted by Gasteiger charge is 2.34. The van der Waals surface area contributed by atoms with E-state index < -0.39 is 0 Å². The lowest BCUT2D eigenvalue weighted by atomic mass is 10.0. The molecule has 0 bridgehead atoms. The molecule has 1 aliphatic rings. The van der Waals surface area contributed by atoms with Gasteiger partial charge < -0.3 is 19.9 Å². The summed E-state index contributed by atoms with van der Waals surface area (Å²) in [6, 6.07) is 0. The summed E-state index contributed by atoms with van der Waals surface area (Å²) in [5.41, 5.74) is -0.173. The molecule has 4 heteroatoms. The Labute approximate surface area is 85.6 Å². The Morgan fingerprint density at radius 1 is 1.64 bits per heavy atom. The van der Waals surface area contributed by atoms with Gasteiger partial charge in [-0.15, -0.1) is 0 Å². The SMILES string of the molecule is CCC(O)CNCC1(OC)CCOC1. The average molecular weight is 203 g/mol. The molecule has 1 aliphatic heterocycles. The van der Waals surface area contributed by atoms with Crippen LogP contribution >= 0.6 is 0 Å². The van der Waals surface area contributed by atoms with Crippen LogP contribution in [0.15, 0.2) is 0 Å². The van der Waals surface area contributed by atoms with Crippen molar-refractivity contribution in [3.8, 4) is 0 Å². The van der Waals surface area contributed by atoms with E-state index in [4.69, 9.17) is 9.47 Å². The standard InChI is InChI=1S/C10H21NO3/c1-3-9(12)6-11-7-10(13-2)4-5-14-8-10/h9,11-12H,3-8H2,1-2H3. The second-order valence-electron chi connectivity index (χ2n) is 3.88. The van der Waals surface area contributed by atoms with Crippen molar-refractivity contribution in [3.05, 3.63) is 0 Å². The van der Waals surface area contributed by atoms with E-state index in [1.54, 1.807) is 7.11 Å². The van der Waals surface area contributed by atoms with Crippen LogP contribution in [-0.2, 0) is 9.47 Å². The molecule has 14 heavy (non-hydrogen) atoms. The summed E-state index contributed by atoms with van der Waals surface area (Å²) in [7, 11) is 1.71. The largest absolute Gasteiger partial charge is 0.392 e. The summed E-state index contributed by atoms with van der Waals surface area (Å²) in [4.78, 5) is 0. The van der Waals surface area contributed by atoms with Gasteiger partial charge in [-0.05, 0) is 6.42 Å². The van der Waals surface area contributed by atoms with Crippen molar-refractivity contribution in [2.24, 2.45) is 0 Å². The summed E-state index contributed by atoms with van der Waals surface area (Å²) in [6.07, 6.45) is 1.45. The predicted molar refractivity (Wildman–Crippen MR) is 54.3 cm³/mol. The smallest absolute Gasteiger partial charge is 0.106 e. The van der Waals surface area contributed by atoms with Crippen LogP contribution in [0.4, 0.5) is 0 Å². The van der Waals surface area contributed by atoms with Crippen LogP contribution in [0.2, 0.25) is 0 Å². The molecule has 1 rings (SSSR count). The molecular formula is C10H21NO3. The van der Waals surface area contributed by atoms with E-state index >= 15 is 0 Å². The van der Waals surface area contributed by atoms with Crippen molar-refractivity contribution >= 4 is 0 Å². The first kappa shape index (κ1) is 11.9. The van der Waals surface area contributed by atoms with E-state index in [0.717, 1.165) is 26.0 Å². The number of hydrogen-bond acceptors (Lipinski definition) is 4. The van der Waals surface area contributed by atoms with Crippen molar-refractivity contribution < 1.29 is 14.6 Å². The van der Waals surface area contributed by atoms with Gasteiger partial charge in [0.15, 0.2) is 0 Å². The molecule has 2 unspecified atom stereocenters. The second kappa shape index (κ2) is 5.66. The highest BCUT2D eigenvalue weighted by atomic mass is 16.5. The lowest BCUT2D eigenvalue weighted by Gasteiger charge is -2.26. The van der Waals surface area contributed by atoms with Gasteiger partial charge in [-0.3, -0.25) is 0 Å². The molecule has 0 aliphatic carbocycles. The quantitative estimate of drug-likeness (QED) is 0.645. The Morgan fingerprint density at radius 2 is 2.43 bits per heavy atom. The zero-order chi connectivity index (χ0) is 10.4. The fourth-order valence-corrected chi connectivity index (χ4v) is 1.57. The van der Waals surface area contributed by atoms with Crippen molar-refractivity contribution in [2.75, 3.05) is 33.4 Å². The number of nitrogens with one attached hydrogen (secondary N) is 1. The highest BCUT2D eigenvalue weighted by Crippen LogP contribution is 2.21. The third-order valence-corrected chi connectivity index (χ3v) is 2.80. The van der Waals surface area contributed by atoms with E-state index in [2.05, 4.69) is 5.32 Å². The van der Waals surface area contributed by atoms with E-state index in [1.807, 2.05) is 6.92 Å². The van der Waals surface area contributed by atoms with Crippen LogP contribution in [0.1, 0.15) is 19.8 Å². The van der Waals surface area contributed by atoms with Crippen LogP contribution in [0.3, 0.4) is 0 Å². The summed E-state index contributed by atoms with van der Waals surface area (Å²) in [5.74, 6) is 0.